The smallest absolute Gasteiger partial charge is 0.369 e. The predicted octanol–water partition coefficient (Wildman–Crippen LogP) is 4.55. The van der Waals surface area contributed by atoms with Gasteiger partial charge in [-0.1, -0.05) is 18.2 Å². The molecular weight excluding hydrogens is 389 g/mol. The van der Waals surface area contributed by atoms with E-state index in [1.807, 2.05) is 18.6 Å². The third-order valence-corrected chi connectivity index (χ3v) is 5.98. The van der Waals surface area contributed by atoms with Crippen LogP contribution >= 0.6 is 0 Å². The van der Waals surface area contributed by atoms with Gasteiger partial charge >= 0.3 is 6.18 Å². The molecule has 1 aliphatic heterocycles. The summed E-state index contributed by atoms with van der Waals surface area (Å²) in [6, 6.07) is 12.8. The molecule has 1 heterocycles. The van der Waals surface area contributed by atoms with Gasteiger partial charge < -0.3 is 9.80 Å². The van der Waals surface area contributed by atoms with Crippen molar-refractivity contribution < 1.29 is 13.2 Å². The van der Waals surface area contributed by atoms with Gasteiger partial charge in [-0.05, 0) is 59.3 Å². The Morgan fingerprint density at radius 3 is 2.40 bits per heavy atom. The zero-order valence-corrected chi connectivity index (χ0v) is 16.5. The van der Waals surface area contributed by atoms with E-state index in [4.69, 9.17) is 0 Å². The molecule has 0 spiro atoms. The molecule has 1 aliphatic carbocycles. The van der Waals surface area contributed by atoms with Crippen LogP contribution < -0.4 is 10.3 Å². The van der Waals surface area contributed by atoms with Crippen LogP contribution in [0, 0.1) is 6.42 Å². The second kappa shape index (κ2) is 6.84. The Morgan fingerprint density at radius 1 is 0.900 bits per heavy atom. The number of hydrogen-bond acceptors (Lipinski definition) is 3. The molecule has 3 nitrogen and oxygen atoms in total. The molecule has 1 fully saturated rings. The molecule has 3 aromatic rings. The first-order valence-electron chi connectivity index (χ1n) is 9.92. The first-order valence-corrected chi connectivity index (χ1v) is 9.92. The van der Waals surface area contributed by atoms with Crippen LogP contribution in [-0.2, 0) is 6.18 Å². The number of halogens is 3. The zero-order chi connectivity index (χ0) is 21.0. The predicted molar refractivity (Wildman–Crippen MR) is 113 cm³/mol. The van der Waals surface area contributed by atoms with E-state index in [0.717, 1.165) is 60.3 Å². The molecule has 5 rings (SSSR count). The highest BCUT2D eigenvalue weighted by atomic mass is 19.4. The van der Waals surface area contributed by atoms with Crippen molar-refractivity contribution in [3.8, 4) is 11.1 Å². The van der Waals surface area contributed by atoms with Crippen LogP contribution in [0.4, 0.5) is 18.9 Å². The highest BCUT2D eigenvalue weighted by Gasteiger charge is 2.31. The molecule has 0 unspecified atom stereocenters. The Morgan fingerprint density at radius 2 is 1.67 bits per heavy atom. The van der Waals surface area contributed by atoms with Gasteiger partial charge in [0.15, 0.2) is 5.43 Å². The first-order chi connectivity index (χ1) is 14.3. The van der Waals surface area contributed by atoms with Gasteiger partial charge in [-0.15, -0.1) is 0 Å². The van der Waals surface area contributed by atoms with Crippen molar-refractivity contribution in [3.05, 3.63) is 81.9 Å². The van der Waals surface area contributed by atoms with E-state index in [9.17, 15) is 18.0 Å². The molecule has 0 bridgehead atoms. The topological polar surface area (TPSA) is 23.6 Å². The average Bonchev–Trinajstić information content (AvgIpc) is 3.53. The van der Waals surface area contributed by atoms with Gasteiger partial charge in [0.2, 0.25) is 0 Å². The summed E-state index contributed by atoms with van der Waals surface area (Å²) >= 11 is 0. The minimum absolute atomic E-state index is 0.221. The fourth-order valence-electron chi connectivity index (χ4n) is 4.13. The summed E-state index contributed by atoms with van der Waals surface area (Å²) in [7, 11) is 2.11. The highest BCUT2D eigenvalue weighted by molar-refractivity contribution is 5.97. The van der Waals surface area contributed by atoms with Crippen molar-refractivity contribution >= 4 is 16.5 Å². The van der Waals surface area contributed by atoms with Crippen LogP contribution in [0.5, 0.6) is 0 Å². The normalized spacial score (nSPS) is 16.6. The van der Waals surface area contributed by atoms with Gasteiger partial charge in [0.1, 0.15) is 0 Å². The van der Waals surface area contributed by atoms with Crippen molar-refractivity contribution in [2.45, 2.75) is 6.18 Å². The summed E-state index contributed by atoms with van der Waals surface area (Å²) < 4.78 is 39.5. The first kappa shape index (κ1) is 19.1. The van der Waals surface area contributed by atoms with Crippen molar-refractivity contribution in [1.29, 1.82) is 0 Å². The third-order valence-electron chi connectivity index (χ3n) is 5.98. The Bertz CT molecular complexity index is 1210. The maximum atomic E-state index is 13.2. The fraction of sp³-hybridized carbons (Fsp3) is 0.250. The molecule has 1 saturated heterocycles. The van der Waals surface area contributed by atoms with E-state index in [1.54, 1.807) is 12.1 Å². The number of hydrogen-bond donors (Lipinski definition) is 0. The lowest BCUT2D eigenvalue weighted by Crippen LogP contribution is -2.44. The summed E-state index contributed by atoms with van der Waals surface area (Å²) in [5.41, 5.74) is 2.21. The van der Waals surface area contributed by atoms with Crippen LogP contribution in [0.15, 0.2) is 53.3 Å². The quantitative estimate of drug-likeness (QED) is 0.485. The maximum Gasteiger partial charge on any atom is 0.416 e. The van der Waals surface area contributed by atoms with E-state index in [2.05, 4.69) is 22.9 Å². The number of piperazine rings is 1. The Balaban J connectivity index is 1.62. The summed E-state index contributed by atoms with van der Waals surface area (Å²) in [6.45, 7) is 3.87. The molecule has 1 radical (unpaired) electrons. The van der Waals surface area contributed by atoms with E-state index < -0.39 is 11.7 Å². The van der Waals surface area contributed by atoms with Crippen molar-refractivity contribution in [2.75, 3.05) is 38.1 Å². The van der Waals surface area contributed by atoms with Gasteiger partial charge in [-0.2, -0.15) is 13.2 Å². The van der Waals surface area contributed by atoms with E-state index in [1.165, 1.54) is 6.07 Å². The van der Waals surface area contributed by atoms with Crippen molar-refractivity contribution in [1.82, 2.24) is 4.90 Å². The zero-order valence-electron chi connectivity index (χ0n) is 16.5. The molecule has 0 N–H and O–H groups in total. The van der Waals surface area contributed by atoms with Gasteiger partial charge in [-0.25, -0.2) is 0 Å². The lowest BCUT2D eigenvalue weighted by atomic mass is 10.0. The van der Waals surface area contributed by atoms with Crippen LogP contribution in [0.1, 0.15) is 16.7 Å². The second-order valence-corrected chi connectivity index (χ2v) is 8.00. The van der Waals surface area contributed by atoms with Crippen LogP contribution in [0.2, 0.25) is 0 Å². The van der Waals surface area contributed by atoms with Gasteiger partial charge in [0.25, 0.3) is 0 Å². The number of anilines is 1. The Hall–Kier alpha value is -2.86. The number of rotatable bonds is 2. The standard InChI is InChI=1S/C24H20F3N2O/c1-28-7-9-29(10-8-28)18-6-5-16-12-20(23(30)22-14-21(22)19(16)13-18)15-3-2-4-17(11-15)24(25,26)27/h2-6,11-14H,7-10H2,1H3. The molecule has 6 heteroatoms. The number of alkyl halides is 3. The number of fused-ring (bicyclic) bond motifs is 3. The molecule has 0 atom stereocenters. The lowest BCUT2D eigenvalue weighted by Gasteiger charge is -2.34. The van der Waals surface area contributed by atoms with E-state index in [-0.39, 0.29) is 11.0 Å². The highest BCUT2D eigenvalue weighted by Crippen LogP contribution is 2.38. The number of likely N-dealkylation sites (N-methyl/N-ethyl adjacent to an activating group) is 1. The van der Waals surface area contributed by atoms with Gasteiger partial charge in [0, 0.05) is 49.4 Å². The number of nitrogens with zero attached hydrogens (tertiary/aromatic N) is 2. The van der Waals surface area contributed by atoms with E-state index in [0.29, 0.717) is 11.1 Å². The largest absolute Gasteiger partial charge is 0.416 e. The summed E-state index contributed by atoms with van der Waals surface area (Å²) in [5, 5.41) is 1.82. The monoisotopic (exact) mass is 409 g/mol. The summed E-state index contributed by atoms with van der Waals surface area (Å²) in [4.78, 5) is 17.6. The van der Waals surface area contributed by atoms with Crippen molar-refractivity contribution in [2.24, 2.45) is 0 Å². The van der Waals surface area contributed by atoms with Gasteiger partial charge in [-0.3, -0.25) is 4.79 Å². The molecule has 30 heavy (non-hydrogen) atoms. The minimum Gasteiger partial charge on any atom is -0.369 e. The molecular formula is C24H20F3N2O. The van der Waals surface area contributed by atoms with Crippen LogP contribution in [0.3, 0.4) is 0 Å². The molecule has 153 valence electrons. The van der Waals surface area contributed by atoms with Gasteiger partial charge in [0.05, 0.1) is 5.56 Å². The molecule has 3 aromatic carbocycles. The molecule has 0 amide bonds. The molecule has 0 aromatic heterocycles. The van der Waals surface area contributed by atoms with E-state index >= 15 is 0 Å². The summed E-state index contributed by atoms with van der Waals surface area (Å²) in [5.74, 6) is 0. The lowest BCUT2D eigenvalue weighted by molar-refractivity contribution is -0.137. The minimum atomic E-state index is -4.45. The maximum absolute atomic E-state index is 13.2. The Labute approximate surface area is 172 Å². The van der Waals surface area contributed by atoms with Crippen LogP contribution in [-0.4, -0.2) is 38.1 Å². The third kappa shape index (κ3) is 3.35. The Kier molecular flexibility index (Phi) is 4.36. The summed E-state index contributed by atoms with van der Waals surface area (Å²) in [6.07, 6.45) is -2.62. The average molecular weight is 409 g/mol. The number of benzene rings is 2. The van der Waals surface area contributed by atoms with Crippen molar-refractivity contribution in [3.63, 3.8) is 0 Å². The fourth-order valence-corrected chi connectivity index (χ4v) is 4.13. The van der Waals surface area contributed by atoms with Crippen LogP contribution in [0.25, 0.3) is 21.9 Å². The molecule has 2 aliphatic rings. The second-order valence-electron chi connectivity index (χ2n) is 8.00. The molecule has 0 saturated carbocycles. The SMILES string of the molecule is CN1CCN(c2ccc3cc(-c4cccc(C(F)(F)F)c4)c(=O)c4c(c3c2)[CH]4)CC1.